The van der Waals surface area contributed by atoms with Crippen molar-refractivity contribution in [1.82, 2.24) is 4.90 Å². The molecule has 1 heterocycles. The van der Waals surface area contributed by atoms with Crippen molar-refractivity contribution in [2.75, 3.05) is 13.6 Å². The molecule has 2 unspecified atom stereocenters. The number of piperidine rings is 1. The van der Waals surface area contributed by atoms with Crippen molar-refractivity contribution < 1.29 is 5.11 Å². The van der Waals surface area contributed by atoms with Gasteiger partial charge in [-0.05, 0) is 62.0 Å². The van der Waals surface area contributed by atoms with Crippen LogP contribution in [-0.2, 0) is 6.42 Å². The second kappa shape index (κ2) is 3.24. The highest BCUT2D eigenvalue weighted by Crippen LogP contribution is 2.42. The van der Waals surface area contributed by atoms with Crippen LogP contribution < -0.4 is 0 Å². The largest absolute Gasteiger partial charge is 0.508 e. The first-order chi connectivity index (χ1) is 7.24. The van der Waals surface area contributed by atoms with Crippen LogP contribution in [0.25, 0.3) is 0 Å². The van der Waals surface area contributed by atoms with Gasteiger partial charge < -0.3 is 5.11 Å². The Morgan fingerprint density at radius 3 is 3.13 bits per heavy atom. The molecular formula is C13H17NO. The zero-order valence-electron chi connectivity index (χ0n) is 9.11. The average molecular weight is 203 g/mol. The van der Waals surface area contributed by atoms with Crippen LogP contribution in [-0.4, -0.2) is 23.6 Å². The van der Waals surface area contributed by atoms with Gasteiger partial charge in [0.05, 0.1) is 0 Å². The molecule has 1 fully saturated rings. The molecule has 2 nitrogen and oxygen atoms in total. The quantitative estimate of drug-likeness (QED) is 0.699. The highest BCUT2D eigenvalue weighted by molar-refractivity contribution is 5.39. The molecule has 1 aromatic carbocycles. The number of aromatic hydroxyl groups is 1. The molecule has 1 saturated heterocycles. The highest BCUT2D eigenvalue weighted by Gasteiger charge is 2.33. The molecule has 1 aliphatic carbocycles. The topological polar surface area (TPSA) is 23.5 Å². The van der Waals surface area contributed by atoms with Crippen molar-refractivity contribution in [2.45, 2.75) is 25.3 Å². The van der Waals surface area contributed by atoms with Gasteiger partial charge in [-0.25, -0.2) is 0 Å². The second-order valence-corrected chi connectivity index (χ2v) is 4.97. The molecular weight excluding hydrogens is 186 g/mol. The first-order valence-electron chi connectivity index (χ1n) is 5.76. The van der Waals surface area contributed by atoms with Gasteiger partial charge >= 0.3 is 0 Å². The molecule has 0 aromatic heterocycles. The monoisotopic (exact) mass is 203 g/mol. The summed E-state index contributed by atoms with van der Waals surface area (Å²) < 4.78 is 0. The molecule has 0 radical (unpaired) electrons. The number of nitrogens with zero attached hydrogens (tertiary/aromatic N) is 1. The third-order valence-corrected chi connectivity index (χ3v) is 3.98. The van der Waals surface area contributed by atoms with Gasteiger partial charge in [0.15, 0.2) is 0 Å². The summed E-state index contributed by atoms with van der Waals surface area (Å²) in [6.07, 6.45) is 3.81. The van der Waals surface area contributed by atoms with Crippen LogP contribution >= 0.6 is 0 Å². The first kappa shape index (κ1) is 9.22. The Bertz CT molecular complexity index is 388. The maximum Gasteiger partial charge on any atom is 0.115 e. The van der Waals surface area contributed by atoms with E-state index in [4.69, 9.17) is 0 Å². The zero-order chi connectivity index (χ0) is 10.4. The van der Waals surface area contributed by atoms with Crippen molar-refractivity contribution in [3.63, 3.8) is 0 Å². The Hall–Kier alpha value is -1.02. The van der Waals surface area contributed by atoms with Gasteiger partial charge in [0.1, 0.15) is 5.75 Å². The summed E-state index contributed by atoms with van der Waals surface area (Å²) in [6.45, 7) is 1.20. The van der Waals surface area contributed by atoms with Crippen molar-refractivity contribution in [2.24, 2.45) is 5.92 Å². The summed E-state index contributed by atoms with van der Waals surface area (Å²) in [6, 6.07) is 6.42. The van der Waals surface area contributed by atoms with Crippen LogP contribution in [0.5, 0.6) is 5.75 Å². The molecule has 1 aromatic rings. The van der Waals surface area contributed by atoms with E-state index >= 15 is 0 Å². The SMILES string of the molecule is CN1CCC2Cc3ccc(O)cc3C1C2. The number of likely N-dealkylation sites (tertiary alicyclic amines) is 1. The maximum atomic E-state index is 9.55. The van der Waals surface area contributed by atoms with E-state index in [-0.39, 0.29) is 0 Å². The number of phenols is 1. The van der Waals surface area contributed by atoms with E-state index in [1.165, 1.54) is 36.9 Å². The van der Waals surface area contributed by atoms with Crippen molar-refractivity contribution in [1.29, 1.82) is 0 Å². The fourth-order valence-electron chi connectivity index (χ4n) is 3.09. The van der Waals surface area contributed by atoms with Gasteiger partial charge in [0, 0.05) is 6.04 Å². The lowest BCUT2D eigenvalue weighted by Gasteiger charge is -2.42. The number of benzene rings is 1. The molecule has 2 heteroatoms. The van der Waals surface area contributed by atoms with Crippen LogP contribution in [0.4, 0.5) is 0 Å². The highest BCUT2D eigenvalue weighted by atomic mass is 16.3. The minimum atomic E-state index is 0.408. The van der Waals surface area contributed by atoms with Crippen LogP contribution in [0.2, 0.25) is 0 Å². The van der Waals surface area contributed by atoms with Crippen LogP contribution in [0, 0.1) is 5.92 Å². The number of phenolic OH excluding ortho intramolecular Hbond substituents is 1. The predicted molar refractivity (Wildman–Crippen MR) is 59.9 cm³/mol. The lowest BCUT2D eigenvalue weighted by Crippen LogP contribution is -2.38. The molecule has 3 rings (SSSR count). The van der Waals surface area contributed by atoms with Crippen LogP contribution in [0.1, 0.15) is 30.0 Å². The summed E-state index contributed by atoms with van der Waals surface area (Å²) in [4.78, 5) is 2.42. The van der Waals surface area contributed by atoms with Gasteiger partial charge in [0.25, 0.3) is 0 Å². The predicted octanol–water partition coefficient (Wildman–Crippen LogP) is 2.33. The molecule has 80 valence electrons. The van der Waals surface area contributed by atoms with Crippen LogP contribution in [0.3, 0.4) is 0 Å². The van der Waals surface area contributed by atoms with Gasteiger partial charge in [-0.1, -0.05) is 6.07 Å². The van der Waals surface area contributed by atoms with E-state index in [1.807, 2.05) is 12.1 Å². The summed E-state index contributed by atoms with van der Waals surface area (Å²) in [5, 5.41) is 9.55. The van der Waals surface area contributed by atoms with Gasteiger partial charge in [0.2, 0.25) is 0 Å². The van der Waals surface area contributed by atoms with Crippen molar-refractivity contribution in [3.8, 4) is 5.75 Å². The van der Waals surface area contributed by atoms with Crippen molar-refractivity contribution >= 4 is 0 Å². The number of hydrogen-bond donors (Lipinski definition) is 1. The Labute approximate surface area is 90.5 Å². The minimum Gasteiger partial charge on any atom is -0.508 e. The van der Waals surface area contributed by atoms with E-state index in [0.29, 0.717) is 11.8 Å². The average Bonchev–Trinajstić information content (AvgIpc) is 2.24. The molecule has 1 N–H and O–H groups in total. The molecule has 2 aliphatic rings. The second-order valence-electron chi connectivity index (χ2n) is 4.97. The lowest BCUT2D eigenvalue weighted by atomic mass is 9.76. The summed E-state index contributed by atoms with van der Waals surface area (Å²) in [7, 11) is 2.19. The number of fused-ring (bicyclic) bond motifs is 4. The summed E-state index contributed by atoms with van der Waals surface area (Å²) in [5.41, 5.74) is 2.80. The molecule has 15 heavy (non-hydrogen) atoms. The number of rotatable bonds is 0. The van der Waals surface area contributed by atoms with Gasteiger partial charge in [-0.15, -0.1) is 0 Å². The molecule has 2 atom stereocenters. The molecule has 2 bridgehead atoms. The Morgan fingerprint density at radius 1 is 1.40 bits per heavy atom. The molecule has 0 spiro atoms. The van der Waals surface area contributed by atoms with Gasteiger partial charge in [-0.2, -0.15) is 0 Å². The Morgan fingerprint density at radius 2 is 2.27 bits per heavy atom. The summed E-state index contributed by atoms with van der Waals surface area (Å²) in [5.74, 6) is 1.27. The Kier molecular flexibility index (Phi) is 1.99. The fourth-order valence-corrected chi connectivity index (χ4v) is 3.09. The number of hydrogen-bond acceptors (Lipinski definition) is 2. The first-order valence-corrected chi connectivity index (χ1v) is 5.76. The van der Waals surface area contributed by atoms with E-state index in [1.54, 1.807) is 0 Å². The zero-order valence-corrected chi connectivity index (χ0v) is 9.11. The summed E-state index contributed by atoms with van der Waals surface area (Å²) >= 11 is 0. The molecule has 1 aliphatic heterocycles. The maximum absolute atomic E-state index is 9.55. The van der Waals surface area contributed by atoms with Gasteiger partial charge in [-0.3, -0.25) is 4.90 Å². The van der Waals surface area contributed by atoms with E-state index in [0.717, 1.165) is 5.92 Å². The fraction of sp³-hybridized carbons (Fsp3) is 0.538. The lowest BCUT2D eigenvalue weighted by molar-refractivity contribution is 0.129. The smallest absolute Gasteiger partial charge is 0.115 e. The molecule has 0 saturated carbocycles. The third kappa shape index (κ3) is 1.44. The third-order valence-electron chi connectivity index (χ3n) is 3.98. The Balaban J connectivity index is 2.07. The minimum absolute atomic E-state index is 0.408. The normalized spacial score (nSPS) is 29.9. The standard InChI is InChI=1S/C13H17NO/c1-14-5-4-9-6-10-2-3-11(15)8-12(10)13(14)7-9/h2-3,8-9,13,15H,4-7H2,1H3. The molecule has 0 amide bonds. The van der Waals surface area contributed by atoms with E-state index in [2.05, 4.69) is 18.0 Å². The van der Waals surface area contributed by atoms with E-state index < -0.39 is 0 Å². The van der Waals surface area contributed by atoms with Crippen molar-refractivity contribution in [3.05, 3.63) is 29.3 Å². The van der Waals surface area contributed by atoms with E-state index in [9.17, 15) is 5.11 Å². The van der Waals surface area contributed by atoms with Crippen LogP contribution in [0.15, 0.2) is 18.2 Å².